The molecule has 0 fully saturated rings. The molecule has 0 aliphatic heterocycles. The predicted octanol–water partition coefficient (Wildman–Crippen LogP) is 3.85. The number of nitrogens with zero attached hydrogens (tertiary/aromatic N) is 3. The predicted molar refractivity (Wildman–Crippen MR) is 119 cm³/mol. The highest BCUT2D eigenvalue weighted by Gasteiger charge is 2.30. The number of para-hydroxylation sites is 1. The van der Waals surface area contributed by atoms with Crippen molar-refractivity contribution in [3.8, 4) is 5.69 Å². The molecule has 1 N–H and O–H groups in total. The zero-order valence-corrected chi connectivity index (χ0v) is 17.8. The molecule has 0 bridgehead atoms. The molecule has 0 atom stereocenters. The summed E-state index contributed by atoms with van der Waals surface area (Å²) in [5, 5.41) is 6.24. The third-order valence-electron chi connectivity index (χ3n) is 4.95. The molecular formula is C24H16F4N4O3. The van der Waals surface area contributed by atoms with Crippen molar-refractivity contribution in [3.05, 3.63) is 122 Å². The zero-order chi connectivity index (χ0) is 25.2. The van der Waals surface area contributed by atoms with Crippen molar-refractivity contribution in [2.45, 2.75) is 12.7 Å². The van der Waals surface area contributed by atoms with Crippen LogP contribution in [0.5, 0.6) is 0 Å². The van der Waals surface area contributed by atoms with Gasteiger partial charge in [0.1, 0.15) is 5.82 Å². The summed E-state index contributed by atoms with van der Waals surface area (Å²) >= 11 is 0. The number of carbonyl (C=O) groups excluding carboxylic acids is 1. The van der Waals surface area contributed by atoms with Crippen LogP contribution >= 0.6 is 0 Å². The number of amides is 1. The van der Waals surface area contributed by atoms with E-state index in [9.17, 15) is 31.9 Å². The first-order valence-corrected chi connectivity index (χ1v) is 10.2. The normalized spacial score (nSPS) is 11.3. The van der Waals surface area contributed by atoms with Gasteiger partial charge >= 0.3 is 11.9 Å². The summed E-state index contributed by atoms with van der Waals surface area (Å²) in [6.07, 6.45) is -4.63. The van der Waals surface area contributed by atoms with Gasteiger partial charge in [0.25, 0.3) is 11.5 Å². The van der Waals surface area contributed by atoms with Gasteiger partial charge in [0, 0.05) is 5.69 Å². The Balaban J connectivity index is 1.84. The monoisotopic (exact) mass is 484 g/mol. The summed E-state index contributed by atoms with van der Waals surface area (Å²) < 4.78 is 54.3. The second-order valence-corrected chi connectivity index (χ2v) is 7.43. The van der Waals surface area contributed by atoms with E-state index in [2.05, 4.69) is 10.4 Å². The number of rotatable bonds is 5. The van der Waals surface area contributed by atoms with Gasteiger partial charge in [-0.1, -0.05) is 36.4 Å². The molecule has 0 aliphatic rings. The summed E-state index contributed by atoms with van der Waals surface area (Å²) in [5.74, 6) is -1.66. The van der Waals surface area contributed by atoms with E-state index in [1.54, 1.807) is 18.2 Å². The minimum atomic E-state index is -4.63. The fraction of sp³-hybridized carbons (Fsp3) is 0.0833. The number of hydrogen-bond acceptors (Lipinski definition) is 4. The van der Waals surface area contributed by atoms with Gasteiger partial charge in [0.05, 0.1) is 17.8 Å². The standard InChI is InChI=1S/C24H16F4N4O3/c25-17-8-5-9-18(13-17)29-21(33)20-22(34)31(14-15-6-4-7-16(12-15)24(26,27)28)23(35)32(30-20)19-10-2-1-3-11-19/h1-13H,14H2,(H,29,33). The van der Waals surface area contributed by atoms with Crippen molar-refractivity contribution in [2.75, 3.05) is 5.32 Å². The second-order valence-electron chi connectivity index (χ2n) is 7.43. The minimum Gasteiger partial charge on any atom is -0.320 e. The molecule has 1 amide bonds. The van der Waals surface area contributed by atoms with Crippen molar-refractivity contribution in [3.63, 3.8) is 0 Å². The van der Waals surface area contributed by atoms with Crippen LogP contribution < -0.4 is 16.6 Å². The number of benzene rings is 3. The van der Waals surface area contributed by atoms with E-state index in [4.69, 9.17) is 0 Å². The van der Waals surface area contributed by atoms with Gasteiger partial charge in [0.2, 0.25) is 5.69 Å². The van der Waals surface area contributed by atoms with Gasteiger partial charge in [-0.2, -0.15) is 23.0 Å². The third kappa shape index (κ3) is 5.18. The third-order valence-corrected chi connectivity index (χ3v) is 4.95. The Hall–Kier alpha value is -4.54. The van der Waals surface area contributed by atoms with E-state index in [1.807, 2.05) is 0 Å². The number of alkyl halides is 3. The number of carbonyl (C=O) groups is 1. The Kier molecular flexibility index (Phi) is 6.32. The van der Waals surface area contributed by atoms with Crippen LogP contribution in [0.4, 0.5) is 23.2 Å². The lowest BCUT2D eigenvalue weighted by Gasteiger charge is -2.13. The Morgan fingerprint density at radius 3 is 2.31 bits per heavy atom. The first-order valence-electron chi connectivity index (χ1n) is 10.2. The van der Waals surface area contributed by atoms with Gasteiger partial charge in [0.15, 0.2) is 0 Å². The highest BCUT2D eigenvalue weighted by atomic mass is 19.4. The van der Waals surface area contributed by atoms with Crippen LogP contribution in [0.2, 0.25) is 0 Å². The number of hydrogen-bond donors (Lipinski definition) is 1. The van der Waals surface area contributed by atoms with Crippen molar-refractivity contribution in [1.82, 2.24) is 14.3 Å². The summed E-state index contributed by atoms with van der Waals surface area (Å²) in [7, 11) is 0. The number of nitrogens with one attached hydrogen (secondary N) is 1. The van der Waals surface area contributed by atoms with Crippen LogP contribution in [-0.4, -0.2) is 20.3 Å². The topological polar surface area (TPSA) is 86.0 Å². The first kappa shape index (κ1) is 23.6. The lowest BCUT2D eigenvalue weighted by Crippen LogP contribution is -2.45. The quantitative estimate of drug-likeness (QED) is 0.436. The number of halogens is 4. The van der Waals surface area contributed by atoms with E-state index >= 15 is 0 Å². The number of anilines is 1. The molecule has 0 saturated carbocycles. The van der Waals surface area contributed by atoms with Crippen LogP contribution in [0.1, 0.15) is 21.6 Å². The molecule has 11 heteroatoms. The molecule has 35 heavy (non-hydrogen) atoms. The molecule has 178 valence electrons. The van der Waals surface area contributed by atoms with E-state index in [-0.39, 0.29) is 16.9 Å². The van der Waals surface area contributed by atoms with Crippen LogP contribution in [0.3, 0.4) is 0 Å². The molecule has 1 aromatic heterocycles. The minimum absolute atomic E-state index is 0.0151. The van der Waals surface area contributed by atoms with Crippen molar-refractivity contribution in [2.24, 2.45) is 0 Å². The molecule has 0 radical (unpaired) electrons. The fourth-order valence-electron chi connectivity index (χ4n) is 3.32. The van der Waals surface area contributed by atoms with Crippen LogP contribution in [0.25, 0.3) is 5.69 Å². The SMILES string of the molecule is O=C(Nc1cccc(F)c1)c1nn(-c2ccccc2)c(=O)n(Cc2cccc(C(F)(F)F)c2)c1=O. The molecular weight excluding hydrogens is 468 g/mol. The van der Waals surface area contributed by atoms with E-state index in [1.165, 1.54) is 30.3 Å². The average Bonchev–Trinajstić information content (AvgIpc) is 2.82. The maximum absolute atomic E-state index is 13.5. The smallest absolute Gasteiger partial charge is 0.320 e. The van der Waals surface area contributed by atoms with Crippen LogP contribution in [0, 0.1) is 5.82 Å². The van der Waals surface area contributed by atoms with Crippen LogP contribution in [0.15, 0.2) is 88.5 Å². The van der Waals surface area contributed by atoms with Crippen molar-refractivity contribution >= 4 is 11.6 Å². The lowest BCUT2D eigenvalue weighted by atomic mass is 10.1. The van der Waals surface area contributed by atoms with Gasteiger partial charge in [-0.25, -0.2) is 9.18 Å². The Morgan fingerprint density at radius 1 is 0.914 bits per heavy atom. The lowest BCUT2D eigenvalue weighted by molar-refractivity contribution is -0.137. The molecule has 0 aliphatic carbocycles. The summed E-state index contributed by atoms with van der Waals surface area (Å²) in [6.45, 7) is -0.544. The van der Waals surface area contributed by atoms with E-state index in [0.29, 0.717) is 4.57 Å². The Labute approximate surface area is 194 Å². The van der Waals surface area contributed by atoms with Crippen molar-refractivity contribution < 1.29 is 22.4 Å². The maximum Gasteiger partial charge on any atom is 0.416 e. The molecule has 0 unspecified atom stereocenters. The maximum atomic E-state index is 13.5. The fourth-order valence-corrected chi connectivity index (χ4v) is 3.32. The van der Waals surface area contributed by atoms with Gasteiger partial charge in [-0.15, -0.1) is 0 Å². The second kappa shape index (κ2) is 9.37. The molecule has 3 aromatic carbocycles. The van der Waals surface area contributed by atoms with E-state index < -0.39 is 47.0 Å². The zero-order valence-electron chi connectivity index (χ0n) is 17.8. The average molecular weight is 484 g/mol. The largest absolute Gasteiger partial charge is 0.416 e. The van der Waals surface area contributed by atoms with E-state index in [0.717, 1.165) is 35.0 Å². The van der Waals surface area contributed by atoms with Crippen molar-refractivity contribution in [1.29, 1.82) is 0 Å². The summed E-state index contributed by atoms with van der Waals surface area (Å²) in [6, 6.07) is 16.9. The van der Waals surface area contributed by atoms with Gasteiger partial charge < -0.3 is 5.32 Å². The molecule has 7 nitrogen and oxygen atoms in total. The van der Waals surface area contributed by atoms with Gasteiger partial charge in [-0.3, -0.25) is 14.2 Å². The van der Waals surface area contributed by atoms with Crippen LogP contribution in [-0.2, 0) is 12.7 Å². The Morgan fingerprint density at radius 2 is 1.63 bits per heavy atom. The highest BCUT2D eigenvalue weighted by molar-refractivity contribution is 6.02. The molecule has 4 rings (SSSR count). The highest BCUT2D eigenvalue weighted by Crippen LogP contribution is 2.29. The summed E-state index contributed by atoms with van der Waals surface area (Å²) in [4.78, 5) is 39.1. The molecule has 0 spiro atoms. The first-order chi connectivity index (χ1) is 16.6. The molecule has 4 aromatic rings. The van der Waals surface area contributed by atoms with Gasteiger partial charge in [-0.05, 0) is 48.0 Å². The summed E-state index contributed by atoms with van der Waals surface area (Å²) in [5.41, 5.74) is -3.46. The Bertz CT molecular complexity index is 1510. The number of aromatic nitrogens is 3. The molecule has 1 heterocycles. The molecule has 0 saturated heterocycles.